The van der Waals surface area contributed by atoms with Gasteiger partial charge in [-0.05, 0) is 29.8 Å². The molecule has 4 rings (SSSR count). The van der Waals surface area contributed by atoms with Crippen molar-refractivity contribution in [3.8, 4) is 11.7 Å². The first-order valence-corrected chi connectivity index (χ1v) is 9.34. The maximum atomic E-state index is 6.09. The van der Waals surface area contributed by atoms with E-state index >= 15 is 0 Å². The van der Waals surface area contributed by atoms with Gasteiger partial charge in [-0.15, -0.1) is 10.2 Å². The van der Waals surface area contributed by atoms with Crippen LogP contribution in [0.15, 0.2) is 56.7 Å². The quantitative estimate of drug-likeness (QED) is 0.661. The van der Waals surface area contributed by atoms with Crippen molar-refractivity contribution in [3.63, 3.8) is 0 Å². The monoisotopic (exact) mass is 372 g/mol. The largest absolute Gasteiger partial charge is 0.459 e. The smallest absolute Gasteiger partial charge is 0.284 e. The molecular weight excluding hydrogens is 352 g/mol. The van der Waals surface area contributed by atoms with Crippen LogP contribution in [-0.2, 0) is 4.74 Å². The molecule has 0 aliphatic carbocycles. The minimum atomic E-state index is -0.0850. The lowest BCUT2D eigenvalue weighted by molar-refractivity contribution is 0.0534. The molecule has 1 aliphatic rings. The topological polar surface area (TPSA) is 76.6 Å². The van der Waals surface area contributed by atoms with E-state index in [2.05, 4.69) is 44.7 Å². The lowest BCUT2D eigenvalue weighted by Gasteiger charge is -2.16. The van der Waals surface area contributed by atoms with Crippen LogP contribution in [0.1, 0.15) is 11.8 Å². The van der Waals surface area contributed by atoms with Gasteiger partial charge in [-0.3, -0.25) is 5.32 Å². The number of aromatic nitrogens is 2. The van der Waals surface area contributed by atoms with Gasteiger partial charge < -0.3 is 18.5 Å². The van der Waals surface area contributed by atoms with E-state index in [-0.39, 0.29) is 12.3 Å². The van der Waals surface area contributed by atoms with Gasteiger partial charge in [0.2, 0.25) is 0 Å². The molecule has 0 saturated carbocycles. The van der Waals surface area contributed by atoms with Crippen LogP contribution in [0.2, 0.25) is 0 Å². The first-order valence-electron chi connectivity index (χ1n) is 8.35. The van der Waals surface area contributed by atoms with Gasteiger partial charge in [-0.25, -0.2) is 0 Å². The van der Waals surface area contributed by atoms with Crippen LogP contribution >= 0.6 is 11.8 Å². The summed E-state index contributed by atoms with van der Waals surface area (Å²) in [7, 11) is 4.06. The zero-order valence-electron chi connectivity index (χ0n) is 14.6. The first-order chi connectivity index (χ1) is 12.7. The maximum Gasteiger partial charge on any atom is 0.284 e. The van der Waals surface area contributed by atoms with Crippen molar-refractivity contribution < 1.29 is 13.6 Å². The molecule has 0 unspecified atom stereocenters. The summed E-state index contributed by atoms with van der Waals surface area (Å²) in [5.41, 5.74) is 2.30. The Hall–Kier alpha value is -2.29. The number of thioether (sulfide) groups is 1. The highest BCUT2D eigenvalue weighted by Gasteiger charge is 2.26. The molecule has 7 nitrogen and oxygen atoms in total. The summed E-state index contributed by atoms with van der Waals surface area (Å²) in [6, 6.07) is 12.0. The highest BCUT2D eigenvalue weighted by molar-refractivity contribution is 7.99. The number of nitrogens with one attached hydrogen (secondary N) is 1. The number of benzene rings is 1. The summed E-state index contributed by atoms with van der Waals surface area (Å²) in [6.07, 6.45) is 1.57. The number of hydrogen-bond acceptors (Lipinski definition) is 8. The SMILES string of the molecule is CN(C)c1ccc([C@H]2NC[C@H](CSc3nnc(-c4ccco4)o3)O2)cc1. The number of furan rings is 1. The Balaban J connectivity index is 1.30. The Bertz CT molecular complexity index is 833. The summed E-state index contributed by atoms with van der Waals surface area (Å²) in [5, 5.41) is 12.0. The zero-order chi connectivity index (χ0) is 17.9. The lowest BCUT2D eigenvalue weighted by atomic mass is 10.2. The molecule has 1 saturated heterocycles. The number of hydrogen-bond donors (Lipinski definition) is 1. The molecule has 3 heterocycles. The number of anilines is 1. The van der Waals surface area contributed by atoms with Crippen molar-refractivity contribution in [2.45, 2.75) is 17.6 Å². The van der Waals surface area contributed by atoms with Crippen molar-refractivity contribution in [2.24, 2.45) is 0 Å². The summed E-state index contributed by atoms with van der Waals surface area (Å²) >= 11 is 1.49. The average Bonchev–Trinajstić information content (AvgIpc) is 3.40. The van der Waals surface area contributed by atoms with Crippen molar-refractivity contribution in [2.75, 3.05) is 31.3 Å². The predicted molar refractivity (Wildman–Crippen MR) is 99.1 cm³/mol. The third-order valence-electron chi connectivity index (χ3n) is 4.10. The highest BCUT2D eigenvalue weighted by Crippen LogP contribution is 2.28. The molecule has 8 heteroatoms. The molecule has 0 bridgehead atoms. The van der Waals surface area contributed by atoms with Crippen LogP contribution in [-0.4, -0.2) is 42.7 Å². The fourth-order valence-electron chi connectivity index (χ4n) is 2.70. The molecule has 26 heavy (non-hydrogen) atoms. The Labute approximate surface area is 155 Å². The molecule has 1 aliphatic heterocycles. The molecule has 2 atom stereocenters. The van der Waals surface area contributed by atoms with Gasteiger partial charge in [-0.1, -0.05) is 23.9 Å². The molecule has 3 aromatic rings. The van der Waals surface area contributed by atoms with Crippen molar-refractivity contribution in [1.82, 2.24) is 15.5 Å². The third-order valence-corrected chi connectivity index (χ3v) is 5.05. The lowest BCUT2D eigenvalue weighted by Crippen LogP contribution is -2.16. The molecule has 0 radical (unpaired) electrons. The maximum absolute atomic E-state index is 6.09. The molecule has 0 amide bonds. The molecule has 1 aromatic carbocycles. The second-order valence-electron chi connectivity index (χ2n) is 6.19. The van der Waals surface area contributed by atoms with Gasteiger partial charge >= 0.3 is 0 Å². The van der Waals surface area contributed by atoms with Crippen LogP contribution < -0.4 is 10.2 Å². The van der Waals surface area contributed by atoms with Crippen molar-refractivity contribution in [1.29, 1.82) is 0 Å². The number of rotatable bonds is 6. The van der Waals surface area contributed by atoms with Crippen LogP contribution in [0.4, 0.5) is 5.69 Å². The van der Waals surface area contributed by atoms with Crippen LogP contribution in [0.3, 0.4) is 0 Å². The summed E-state index contributed by atoms with van der Waals surface area (Å²) < 4.78 is 16.9. The fourth-order valence-corrected chi connectivity index (χ4v) is 3.46. The van der Waals surface area contributed by atoms with Gasteiger partial charge in [-0.2, -0.15) is 0 Å². The number of nitrogens with zero attached hydrogens (tertiary/aromatic N) is 3. The van der Waals surface area contributed by atoms with E-state index in [1.54, 1.807) is 18.4 Å². The third kappa shape index (κ3) is 3.77. The minimum absolute atomic E-state index is 0.0810. The Morgan fingerprint density at radius 1 is 1.19 bits per heavy atom. The van der Waals surface area contributed by atoms with Gasteiger partial charge in [0, 0.05) is 32.1 Å². The van der Waals surface area contributed by atoms with Gasteiger partial charge in [0.15, 0.2) is 5.76 Å². The van der Waals surface area contributed by atoms with Crippen LogP contribution in [0, 0.1) is 0 Å². The molecule has 2 aromatic heterocycles. The Kier molecular flexibility index (Phi) is 4.96. The molecule has 136 valence electrons. The summed E-state index contributed by atoms with van der Waals surface area (Å²) in [5.74, 6) is 1.70. The molecule has 1 N–H and O–H groups in total. The van der Waals surface area contributed by atoms with Gasteiger partial charge in [0.25, 0.3) is 11.1 Å². The van der Waals surface area contributed by atoms with E-state index in [4.69, 9.17) is 13.6 Å². The normalized spacial score (nSPS) is 19.8. The highest BCUT2D eigenvalue weighted by atomic mass is 32.2. The molecule has 1 fully saturated rings. The van der Waals surface area contributed by atoms with E-state index in [9.17, 15) is 0 Å². The van der Waals surface area contributed by atoms with E-state index in [1.165, 1.54) is 17.4 Å². The zero-order valence-corrected chi connectivity index (χ0v) is 15.4. The van der Waals surface area contributed by atoms with Crippen molar-refractivity contribution >= 4 is 17.4 Å². The van der Waals surface area contributed by atoms with Crippen LogP contribution in [0.25, 0.3) is 11.7 Å². The second kappa shape index (κ2) is 7.53. The Morgan fingerprint density at radius 3 is 2.77 bits per heavy atom. The summed E-state index contributed by atoms with van der Waals surface area (Å²) in [4.78, 5) is 2.08. The number of ether oxygens (including phenoxy) is 1. The van der Waals surface area contributed by atoms with E-state index in [1.807, 2.05) is 14.1 Å². The standard InChI is InChI=1S/C18H20N4O3S/c1-22(2)13-7-5-12(6-8-13)16-19-10-14(24-16)11-26-18-21-20-17(25-18)15-4-3-9-23-15/h3-9,14,16,19H,10-11H2,1-2H3/t14-,16+/m1/s1. The predicted octanol–water partition coefficient (Wildman–Crippen LogP) is 3.17. The van der Waals surface area contributed by atoms with E-state index in [0.717, 1.165) is 17.9 Å². The average molecular weight is 372 g/mol. The minimum Gasteiger partial charge on any atom is -0.459 e. The van der Waals surface area contributed by atoms with E-state index in [0.29, 0.717) is 16.9 Å². The van der Waals surface area contributed by atoms with Gasteiger partial charge in [0.1, 0.15) is 6.23 Å². The molecular formula is C18H20N4O3S. The van der Waals surface area contributed by atoms with Crippen molar-refractivity contribution in [3.05, 3.63) is 48.2 Å². The summed E-state index contributed by atoms with van der Waals surface area (Å²) in [6.45, 7) is 0.784. The second-order valence-corrected chi connectivity index (χ2v) is 7.17. The van der Waals surface area contributed by atoms with Crippen LogP contribution in [0.5, 0.6) is 0 Å². The molecule has 0 spiro atoms. The first kappa shape index (κ1) is 17.1. The fraction of sp³-hybridized carbons (Fsp3) is 0.333. The van der Waals surface area contributed by atoms with E-state index < -0.39 is 0 Å². The Morgan fingerprint density at radius 2 is 2.04 bits per heavy atom. The van der Waals surface area contributed by atoms with Gasteiger partial charge in [0.05, 0.1) is 12.4 Å².